The molecule has 5 nitrogen and oxygen atoms in total. The lowest BCUT2D eigenvalue weighted by Gasteiger charge is -2.38. The molecule has 0 saturated heterocycles. The quantitative estimate of drug-likeness (QED) is 0.831. The van der Waals surface area contributed by atoms with Gasteiger partial charge in [-0.2, -0.15) is 0 Å². The molecule has 0 radical (unpaired) electrons. The zero-order chi connectivity index (χ0) is 18.4. The fourth-order valence-corrected chi connectivity index (χ4v) is 2.82. The Morgan fingerprint density at radius 1 is 1.28 bits per heavy atom. The molecule has 1 aliphatic rings. The largest absolute Gasteiger partial charge is 0.465 e. The van der Waals surface area contributed by atoms with Crippen LogP contribution in [0.25, 0.3) is 0 Å². The SMILES string of the molecule is Cc1ccc2c(c1)N(C)C(=O)C(C)(C(=O)Nc1ccc(F)c(Cl)c1)O2. The summed E-state index contributed by atoms with van der Waals surface area (Å²) < 4.78 is 19.0. The molecule has 1 heterocycles. The number of likely N-dealkylation sites (N-methyl/N-ethyl adjacent to an activating group) is 1. The summed E-state index contributed by atoms with van der Waals surface area (Å²) in [5, 5.41) is 2.42. The van der Waals surface area contributed by atoms with Crippen LogP contribution in [0.1, 0.15) is 12.5 Å². The topological polar surface area (TPSA) is 58.6 Å². The van der Waals surface area contributed by atoms with Gasteiger partial charge in [0.2, 0.25) is 0 Å². The van der Waals surface area contributed by atoms with Crippen LogP contribution in [0.3, 0.4) is 0 Å². The molecule has 0 spiro atoms. The van der Waals surface area contributed by atoms with Crippen LogP contribution in [0.4, 0.5) is 15.8 Å². The van der Waals surface area contributed by atoms with Crippen LogP contribution in [0.15, 0.2) is 36.4 Å². The molecule has 2 amide bonds. The van der Waals surface area contributed by atoms with Gasteiger partial charge in [0.1, 0.15) is 11.6 Å². The lowest BCUT2D eigenvalue weighted by atomic mass is 9.99. The van der Waals surface area contributed by atoms with Crippen molar-refractivity contribution in [3.05, 3.63) is 52.8 Å². The van der Waals surface area contributed by atoms with Gasteiger partial charge < -0.3 is 15.0 Å². The molecule has 0 aliphatic carbocycles. The fourth-order valence-electron chi connectivity index (χ4n) is 2.64. The normalized spacial score (nSPS) is 19.2. The lowest BCUT2D eigenvalue weighted by Crippen LogP contribution is -2.59. The second-order valence-electron chi connectivity index (χ2n) is 6.05. The first-order valence-electron chi connectivity index (χ1n) is 7.56. The number of aryl methyl sites for hydroxylation is 1. The Morgan fingerprint density at radius 2 is 2.00 bits per heavy atom. The average Bonchev–Trinajstić information content (AvgIpc) is 2.57. The number of benzene rings is 2. The minimum atomic E-state index is -1.75. The Kier molecular flexibility index (Phi) is 4.16. The van der Waals surface area contributed by atoms with E-state index in [0.29, 0.717) is 11.4 Å². The van der Waals surface area contributed by atoms with Gasteiger partial charge in [-0.15, -0.1) is 0 Å². The van der Waals surface area contributed by atoms with E-state index in [1.165, 1.54) is 24.0 Å². The van der Waals surface area contributed by atoms with E-state index in [-0.39, 0.29) is 10.7 Å². The summed E-state index contributed by atoms with van der Waals surface area (Å²) in [6.07, 6.45) is 0. The number of nitrogens with one attached hydrogen (secondary N) is 1. The molecule has 1 unspecified atom stereocenters. The number of fused-ring (bicyclic) bond motifs is 1. The van der Waals surface area contributed by atoms with Crippen LogP contribution in [-0.2, 0) is 9.59 Å². The number of rotatable bonds is 2. The number of anilines is 2. The summed E-state index contributed by atoms with van der Waals surface area (Å²) in [6.45, 7) is 3.30. The van der Waals surface area contributed by atoms with Crippen molar-refractivity contribution in [2.24, 2.45) is 0 Å². The Balaban J connectivity index is 1.92. The Bertz CT molecular complexity index is 887. The van der Waals surface area contributed by atoms with Crippen LogP contribution in [-0.4, -0.2) is 24.5 Å². The van der Waals surface area contributed by atoms with Crippen molar-refractivity contribution in [3.63, 3.8) is 0 Å². The van der Waals surface area contributed by atoms with E-state index in [0.717, 1.165) is 11.6 Å². The minimum absolute atomic E-state index is 0.128. The third-order valence-electron chi connectivity index (χ3n) is 4.11. The summed E-state index contributed by atoms with van der Waals surface area (Å²) in [7, 11) is 1.59. The number of nitrogens with zero attached hydrogens (tertiary/aromatic N) is 1. The predicted molar refractivity (Wildman–Crippen MR) is 93.7 cm³/mol. The van der Waals surface area contributed by atoms with Crippen molar-refractivity contribution in [2.75, 3.05) is 17.3 Å². The van der Waals surface area contributed by atoms with E-state index in [4.69, 9.17) is 16.3 Å². The van der Waals surface area contributed by atoms with Crippen LogP contribution < -0.4 is 15.0 Å². The molecule has 3 rings (SSSR count). The standard InChI is InChI=1S/C18H16ClFN2O3/c1-10-4-7-15-14(8-10)22(3)17(24)18(2,25-15)16(23)21-11-5-6-13(20)12(19)9-11/h4-9H,1-3H3,(H,21,23). The molecule has 130 valence electrons. The van der Waals surface area contributed by atoms with Gasteiger partial charge in [-0.25, -0.2) is 4.39 Å². The van der Waals surface area contributed by atoms with Gasteiger partial charge in [0, 0.05) is 12.7 Å². The lowest BCUT2D eigenvalue weighted by molar-refractivity contribution is -0.144. The van der Waals surface area contributed by atoms with Gasteiger partial charge >= 0.3 is 0 Å². The van der Waals surface area contributed by atoms with Gasteiger partial charge in [0.25, 0.3) is 17.4 Å². The maximum atomic E-state index is 13.2. The third-order valence-corrected chi connectivity index (χ3v) is 4.40. The molecule has 0 bridgehead atoms. The van der Waals surface area contributed by atoms with E-state index < -0.39 is 23.2 Å². The van der Waals surface area contributed by atoms with Gasteiger partial charge in [0.05, 0.1) is 10.7 Å². The molecule has 1 aliphatic heterocycles. The highest BCUT2D eigenvalue weighted by molar-refractivity contribution is 6.31. The number of carbonyl (C=O) groups is 2. The Morgan fingerprint density at radius 3 is 2.68 bits per heavy atom. The summed E-state index contributed by atoms with van der Waals surface area (Å²) in [6, 6.07) is 9.12. The van der Waals surface area contributed by atoms with Crippen LogP contribution in [0.2, 0.25) is 5.02 Å². The molecule has 25 heavy (non-hydrogen) atoms. The van der Waals surface area contributed by atoms with E-state index in [9.17, 15) is 14.0 Å². The third kappa shape index (κ3) is 2.93. The summed E-state index contributed by atoms with van der Waals surface area (Å²) in [5.74, 6) is -1.34. The second kappa shape index (κ2) is 6.04. The maximum absolute atomic E-state index is 13.2. The van der Waals surface area contributed by atoms with Crippen molar-refractivity contribution >= 4 is 34.8 Å². The van der Waals surface area contributed by atoms with Crippen molar-refractivity contribution in [1.82, 2.24) is 0 Å². The summed E-state index contributed by atoms with van der Waals surface area (Å²) >= 11 is 5.72. The summed E-state index contributed by atoms with van der Waals surface area (Å²) in [5.41, 5.74) is 0.0835. The monoisotopic (exact) mass is 362 g/mol. The highest BCUT2D eigenvalue weighted by Crippen LogP contribution is 2.38. The molecule has 2 aromatic rings. The molecule has 0 fully saturated rings. The van der Waals surface area contributed by atoms with Crippen molar-refractivity contribution in [3.8, 4) is 5.75 Å². The van der Waals surface area contributed by atoms with E-state index >= 15 is 0 Å². The molecule has 2 aromatic carbocycles. The van der Waals surface area contributed by atoms with Gasteiger partial charge in [-0.3, -0.25) is 9.59 Å². The zero-order valence-corrected chi connectivity index (χ0v) is 14.6. The number of carbonyl (C=O) groups excluding carboxylic acids is 2. The van der Waals surface area contributed by atoms with Crippen LogP contribution in [0, 0.1) is 12.7 Å². The molecule has 0 saturated carbocycles. The first-order valence-corrected chi connectivity index (χ1v) is 7.94. The minimum Gasteiger partial charge on any atom is -0.465 e. The van der Waals surface area contributed by atoms with Crippen LogP contribution in [0.5, 0.6) is 5.75 Å². The van der Waals surface area contributed by atoms with Crippen molar-refractivity contribution in [1.29, 1.82) is 0 Å². The molecule has 0 aromatic heterocycles. The summed E-state index contributed by atoms with van der Waals surface area (Å²) in [4.78, 5) is 26.8. The second-order valence-corrected chi connectivity index (χ2v) is 6.46. The highest BCUT2D eigenvalue weighted by Gasteiger charge is 2.49. The number of hydrogen-bond acceptors (Lipinski definition) is 3. The first-order chi connectivity index (χ1) is 11.7. The smallest absolute Gasteiger partial charge is 0.280 e. The molecule has 7 heteroatoms. The Hall–Kier alpha value is -2.60. The molecular weight excluding hydrogens is 347 g/mol. The average molecular weight is 363 g/mol. The van der Waals surface area contributed by atoms with Crippen molar-refractivity contribution in [2.45, 2.75) is 19.4 Å². The number of hydrogen-bond donors (Lipinski definition) is 1. The number of ether oxygens (including phenoxy) is 1. The molecule has 1 atom stereocenters. The van der Waals surface area contributed by atoms with E-state index in [2.05, 4.69) is 5.32 Å². The first kappa shape index (κ1) is 17.2. The highest BCUT2D eigenvalue weighted by atomic mass is 35.5. The zero-order valence-electron chi connectivity index (χ0n) is 13.9. The van der Waals surface area contributed by atoms with E-state index in [1.54, 1.807) is 13.1 Å². The van der Waals surface area contributed by atoms with Gasteiger partial charge in [-0.05, 0) is 49.7 Å². The number of amides is 2. The Labute approximate surface area is 149 Å². The molecular formula is C18H16ClFN2O3. The fraction of sp³-hybridized carbons (Fsp3) is 0.222. The van der Waals surface area contributed by atoms with Gasteiger partial charge in [0.15, 0.2) is 0 Å². The number of halogens is 2. The maximum Gasteiger partial charge on any atom is 0.280 e. The predicted octanol–water partition coefficient (Wildman–Crippen LogP) is 3.54. The van der Waals surface area contributed by atoms with Crippen molar-refractivity contribution < 1.29 is 18.7 Å². The van der Waals surface area contributed by atoms with Gasteiger partial charge in [-0.1, -0.05) is 17.7 Å². The van der Waals surface area contributed by atoms with E-state index in [1.807, 2.05) is 19.1 Å². The van der Waals surface area contributed by atoms with Crippen LogP contribution >= 0.6 is 11.6 Å². The molecule has 1 N–H and O–H groups in total.